The molecule has 5 heteroatoms. The maximum Gasteiger partial charge on any atom is 0.235 e. The first-order valence-corrected chi connectivity index (χ1v) is 9.34. The van der Waals surface area contributed by atoms with E-state index in [0.717, 1.165) is 48.2 Å². The van der Waals surface area contributed by atoms with Crippen LogP contribution in [0.2, 0.25) is 5.02 Å². The Morgan fingerprint density at radius 3 is 2.50 bits per heavy atom. The lowest BCUT2D eigenvalue weighted by molar-refractivity contribution is -0.121. The first-order chi connectivity index (χ1) is 12.5. The summed E-state index contributed by atoms with van der Waals surface area (Å²) >= 11 is 6.02. The molecule has 0 aromatic heterocycles. The highest BCUT2D eigenvalue weighted by Crippen LogP contribution is 2.42. The summed E-state index contributed by atoms with van der Waals surface area (Å²) in [5, 5.41) is 3.77. The van der Waals surface area contributed by atoms with Crippen LogP contribution in [0.3, 0.4) is 0 Å². The van der Waals surface area contributed by atoms with E-state index in [1.807, 2.05) is 42.5 Å². The van der Waals surface area contributed by atoms with Gasteiger partial charge < -0.3 is 10.2 Å². The minimum Gasteiger partial charge on any atom is -0.325 e. The summed E-state index contributed by atoms with van der Waals surface area (Å²) in [6, 6.07) is 13.3. The first-order valence-electron chi connectivity index (χ1n) is 8.97. The molecule has 4 nitrogen and oxygen atoms in total. The Balaban J connectivity index is 1.61. The second-order valence-electron chi connectivity index (χ2n) is 7.22. The van der Waals surface area contributed by atoms with Crippen molar-refractivity contribution in [3.63, 3.8) is 0 Å². The van der Waals surface area contributed by atoms with Crippen LogP contribution in [-0.2, 0) is 21.4 Å². The minimum absolute atomic E-state index is 0.0231. The van der Waals surface area contributed by atoms with E-state index in [1.165, 1.54) is 0 Å². The molecule has 0 spiro atoms. The molecule has 1 fully saturated rings. The molecule has 0 saturated heterocycles. The third-order valence-corrected chi connectivity index (χ3v) is 5.96. The topological polar surface area (TPSA) is 49.4 Å². The standard InChI is InChI=1S/C21H21ClN2O2/c1-24-18-9-8-17(12-14(18)13-19(24)25)23-20(26)21(10-2-3-11-21)15-4-6-16(22)7-5-15/h4-9,12H,2-3,10-11,13H2,1H3,(H,23,26). The third kappa shape index (κ3) is 2.78. The molecule has 1 saturated carbocycles. The molecule has 134 valence electrons. The fourth-order valence-electron chi connectivity index (χ4n) is 4.19. The summed E-state index contributed by atoms with van der Waals surface area (Å²) in [4.78, 5) is 26.8. The minimum atomic E-state index is -0.504. The number of nitrogens with one attached hydrogen (secondary N) is 1. The fraction of sp³-hybridized carbons (Fsp3) is 0.333. The number of carbonyl (C=O) groups is 2. The zero-order valence-electron chi connectivity index (χ0n) is 14.7. The number of nitrogens with zero attached hydrogens (tertiary/aromatic N) is 1. The van der Waals surface area contributed by atoms with Crippen LogP contribution in [0.25, 0.3) is 0 Å². The van der Waals surface area contributed by atoms with Gasteiger partial charge in [-0.3, -0.25) is 9.59 Å². The molecule has 4 rings (SSSR count). The number of rotatable bonds is 3. The molecule has 2 aromatic carbocycles. The van der Waals surface area contributed by atoms with Crippen molar-refractivity contribution >= 4 is 34.8 Å². The van der Waals surface area contributed by atoms with E-state index in [9.17, 15) is 9.59 Å². The Bertz CT molecular complexity index is 870. The van der Waals surface area contributed by atoms with Crippen molar-refractivity contribution in [3.05, 3.63) is 58.6 Å². The molecule has 0 radical (unpaired) electrons. The lowest BCUT2D eigenvalue weighted by atomic mass is 9.78. The van der Waals surface area contributed by atoms with Crippen LogP contribution >= 0.6 is 11.6 Å². The summed E-state index contributed by atoms with van der Waals surface area (Å²) < 4.78 is 0. The zero-order chi connectivity index (χ0) is 18.3. The maximum atomic E-state index is 13.2. The maximum absolute atomic E-state index is 13.2. The second-order valence-corrected chi connectivity index (χ2v) is 7.66. The molecule has 0 atom stereocenters. The monoisotopic (exact) mass is 368 g/mol. The van der Waals surface area contributed by atoms with Gasteiger partial charge in [0.15, 0.2) is 0 Å². The zero-order valence-corrected chi connectivity index (χ0v) is 15.5. The lowest BCUT2D eigenvalue weighted by Gasteiger charge is -2.28. The number of hydrogen-bond acceptors (Lipinski definition) is 2. The normalized spacial score (nSPS) is 18.1. The molecule has 2 aliphatic rings. The number of benzene rings is 2. The number of carbonyl (C=O) groups excluding carboxylic acids is 2. The van der Waals surface area contributed by atoms with Gasteiger partial charge in [0.05, 0.1) is 11.8 Å². The first kappa shape index (κ1) is 17.1. The quantitative estimate of drug-likeness (QED) is 0.877. The summed E-state index contributed by atoms with van der Waals surface area (Å²) in [5.74, 6) is 0.104. The summed E-state index contributed by atoms with van der Waals surface area (Å²) in [7, 11) is 1.78. The fourth-order valence-corrected chi connectivity index (χ4v) is 4.32. The Morgan fingerprint density at radius 1 is 1.12 bits per heavy atom. The summed E-state index contributed by atoms with van der Waals surface area (Å²) in [6.07, 6.45) is 4.15. The number of amides is 2. The van der Waals surface area contributed by atoms with Crippen LogP contribution in [0.4, 0.5) is 11.4 Å². The van der Waals surface area contributed by atoms with E-state index in [2.05, 4.69) is 5.32 Å². The number of fused-ring (bicyclic) bond motifs is 1. The van der Waals surface area contributed by atoms with E-state index in [4.69, 9.17) is 11.6 Å². The van der Waals surface area contributed by atoms with E-state index < -0.39 is 5.41 Å². The van der Waals surface area contributed by atoms with Crippen molar-refractivity contribution in [2.75, 3.05) is 17.3 Å². The molecule has 0 unspecified atom stereocenters. The Labute approximate surface area is 158 Å². The van der Waals surface area contributed by atoms with E-state index in [0.29, 0.717) is 11.4 Å². The molecule has 2 aromatic rings. The van der Waals surface area contributed by atoms with Gasteiger partial charge in [-0.05, 0) is 54.3 Å². The van der Waals surface area contributed by atoms with Gasteiger partial charge in [-0.25, -0.2) is 0 Å². The molecule has 1 aliphatic heterocycles. The number of likely N-dealkylation sites (N-methyl/N-ethyl adjacent to an activating group) is 1. The average molecular weight is 369 g/mol. The van der Waals surface area contributed by atoms with Crippen molar-refractivity contribution in [1.82, 2.24) is 0 Å². The van der Waals surface area contributed by atoms with E-state index in [1.54, 1.807) is 11.9 Å². The van der Waals surface area contributed by atoms with Crippen molar-refractivity contribution in [1.29, 1.82) is 0 Å². The molecule has 2 amide bonds. The van der Waals surface area contributed by atoms with Crippen LogP contribution < -0.4 is 10.2 Å². The van der Waals surface area contributed by atoms with Gasteiger partial charge in [0.1, 0.15) is 0 Å². The van der Waals surface area contributed by atoms with Crippen LogP contribution in [0, 0.1) is 0 Å². The van der Waals surface area contributed by atoms with Crippen LogP contribution in [0.15, 0.2) is 42.5 Å². The van der Waals surface area contributed by atoms with Crippen molar-refractivity contribution < 1.29 is 9.59 Å². The van der Waals surface area contributed by atoms with Crippen LogP contribution in [0.5, 0.6) is 0 Å². The molecule has 26 heavy (non-hydrogen) atoms. The largest absolute Gasteiger partial charge is 0.325 e. The Hall–Kier alpha value is -2.33. The van der Waals surface area contributed by atoms with Crippen molar-refractivity contribution in [2.45, 2.75) is 37.5 Å². The predicted octanol–water partition coefficient (Wildman–Crippen LogP) is 4.31. The average Bonchev–Trinajstić information content (AvgIpc) is 3.22. The highest BCUT2D eigenvalue weighted by Gasteiger charge is 2.42. The van der Waals surface area contributed by atoms with Gasteiger partial charge in [0.2, 0.25) is 11.8 Å². The van der Waals surface area contributed by atoms with Gasteiger partial charge in [-0.2, -0.15) is 0 Å². The SMILES string of the molecule is CN1C(=O)Cc2cc(NC(=O)C3(c4ccc(Cl)cc4)CCCC3)ccc21. The van der Waals surface area contributed by atoms with Crippen LogP contribution in [0.1, 0.15) is 36.8 Å². The molecule has 1 aliphatic carbocycles. The second kappa shape index (κ2) is 6.44. The predicted molar refractivity (Wildman–Crippen MR) is 104 cm³/mol. The van der Waals surface area contributed by atoms with Gasteiger partial charge in [-0.1, -0.05) is 36.6 Å². The Morgan fingerprint density at radius 2 is 1.81 bits per heavy atom. The smallest absolute Gasteiger partial charge is 0.235 e. The van der Waals surface area contributed by atoms with Crippen molar-refractivity contribution in [3.8, 4) is 0 Å². The van der Waals surface area contributed by atoms with Gasteiger partial charge >= 0.3 is 0 Å². The highest BCUT2D eigenvalue weighted by atomic mass is 35.5. The van der Waals surface area contributed by atoms with Crippen molar-refractivity contribution in [2.24, 2.45) is 0 Å². The van der Waals surface area contributed by atoms with Gasteiger partial charge in [-0.15, -0.1) is 0 Å². The number of hydrogen-bond donors (Lipinski definition) is 1. The highest BCUT2D eigenvalue weighted by molar-refractivity contribution is 6.30. The van der Waals surface area contributed by atoms with E-state index >= 15 is 0 Å². The number of halogens is 1. The summed E-state index contributed by atoms with van der Waals surface area (Å²) in [6.45, 7) is 0. The van der Waals surface area contributed by atoms with E-state index in [-0.39, 0.29) is 11.8 Å². The Kier molecular flexibility index (Phi) is 4.23. The lowest BCUT2D eigenvalue weighted by Crippen LogP contribution is -2.38. The van der Waals surface area contributed by atoms with Gasteiger partial charge in [0.25, 0.3) is 0 Å². The van der Waals surface area contributed by atoms with Crippen LogP contribution in [-0.4, -0.2) is 18.9 Å². The summed E-state index contributed by atoms with van der Waals surface area (Å²) in [5.41, 5.74) is 3.14. The third-order valence-electron chi connectivity index (χ3n) is 5.70. The van der Waals surface area contributed by atoms with Gasteiger partial charge in [0, 0.05) is 23.4 Å². The molecular formula is C21H21ClN2O2. The molecule has 1 N–H and O–H groups in total. The molecular weight excluding hydrogens is 348 g/mol. The molecule has 1 heterocycles. The molecule has 0 bridgehead atoms. The number of anilines is 2.